The Morgan fingerprint density at radius 1 is 1.19 bits per heavy atom. The average Bonchev–Trinajstić information content (AvgIpc) is 2.76. The molecule has 170 valence electrons. The van der Waals surface area contributed by atoms with Crippen molar-refractivity contribution in [3.63, 3.8) is 0 Å². The van der Waals surface area contributed by atoms with Crippen LogP contribution in [0.1, 0.15) is 18.9 Å². The number of halogens is 3. The number of benzene rings is 1. The molecule has 2 aromatic rings. The topological polar surface area (TPSA) is 108 Å². The third-order valence-corrected chi connectivity index (χ3v) is 5.86. The van der Waals surface area contributed by atoms with E-state index in [1.165, 1.54) is 17.3 Å². The highest BCUT2D eigenvalue weighted by Gasteiger charge is 2.46. The summed E-state index contributed by atoms with van der Waals surface area (Å²) in [6, 6.07) is 4.73. The van der Waals surface area contributed by atoms with Gasteiger partial charge in [-0.1, -0.05) is 0 Å². The molecule has 8 nitrogen and oxygen atoms in total. The fourth-order valence-corrected chi connectivity index (χ4v) is 4.43. The molecule has 4 rings (SSSR count). The van der Waals surface area contributed by atoms with Crippen LogP contribution < -0.4 is 10.6 Å². The molecule has 0 saturated carbocycles. The number of likely N-dealkylation sites (tertiary alicyclic amines) is 1. The quantitative estimate of drug-likeness (QED) is 0.747. The summed E-state index contributed by atoms with van der Waals surface area (Å²) in [5, 5.41) is 9.35. The van der Waals surface area contributed by atoms with E-state index in [0.717, 1.165) is 0 Å². The van der Waals surface area contributed by atoms with Crippen LogP contribution in [0.25, 0.3) is 11.0 Å². The minimum Gasteiger partial charge on any atom is -0.364 e. The van der Waals surface area contributed by atoms with Crippen molar-refractivity contribution in [1.82, 2.24) is 14.9 Å². The summed E-state index contributed by atoms with van der Waals surface area (Å²) in [5.41, 5.74) is 7.86. The molecule has 0 bridgehead atoms. The number of nitrogens with two attached hydrogens (primary N) is 1. The van der Waals surface area contributed by atoms with Crippen molar-refractivity contribution in [1.29, 1.82) is 5.26 Å². The summed E-state index contributed by atoms with van der Waals surface area (Å²) in [7, 11) is 0. The van der Waals surface area contributed by atoms with E-state index in [1.54, 1.807) is 19.1 Å². The smallest absolute Gasteiger partial charge is 0.364 e. The number of rotatable bonds is 2. The molecule has 4 atom stereocenters. The van der Waals surface area contributed by atoms with Gasteiger partial charge in [-0.3, -0.25) is 14.8 Å². The third kappa shape index (κ3) is 4.33. The number of ether oxygens (including phenoxy) is 1. The number of aromatic nitrogens is 2. The number of fused-ring (bicyclic) bond motifs is 1. The lowest BCUT2D eigenvalue weighted by Gasteiger charge is -2.42. The first-order valence-corrected chi connectivity index (χ1v) is 10.3. The predicted octanol–water partition coefficient (Wildman–Crippen LogP) is 1.83. The van der Waals surface area contributed by atoms with Crippen molar-refractivity contribution < 1.29 is 22.7 Å². The van der Waals surface area contributed by atoms with Crippen molar-refractivity contribution in [2.45, 2.75) is 37.8 Å². The Morgan fingerprint density at radius 2 is 1.91 bits per heavy atom. The van der Waals surface area contributed by atoms with E-state index < -0.39 is 36.7 Å². The van der Waals surface area contributed by atoms with E-state index in [-0.39, 0.29) is 25.6 Å². The largest absolute Gasteiger partial charge is 0.393 e. The summed E-state index contributed by atoms with van der Waals surface area (Å²) >= 11 is 0. The van der Waals surface area contributed by atoms with E-state index in [9.17, 15) is 23.2 Å². The second-order valence-electron chi connectivity index (χ2n) is 8.32. The fraction of sp³-hybridized carbons (Fsp3) is 0.524. The van der Waals surface area contributed by atoms with Crippen LogP contribution in [0.2, 0.25) is 0 Å². The van der Waals surface area contributed by atoms with E-state index in [1.807, 2.05) is 4.90 Å². The van der Waals surface area contributed by atoms with Crippen molar-refractivity contribution >= 4 is 22.6 Å². The molecule has 4 unspecified atom stereocenters. The maximum atomic E-state index is 13.3. The second-order valence-corrected chi connectivity index (χ2v) is 8.32. The Bertz CT molecular complexity index is 1060. The van der Waals surface area contributed by atoms with E-state index in [4.69, 9.17) is 10.5 Å². The molecule has 1 aromatic carbocycles. The molecule has 2 N–H and O–H groups in total. The van der Waals surface area contributed by atoms with E-state index >= 15 is 0 Å². The molecule has 32 heavy (non-hydrogen) atoms. The third-order valence-electron chi connectivity index (χ3n) is 5.86. The van der Waals surface area contributed by atoms with Crippen molar-refractivity contribution in [3.05, 3.63) is 30.1 Å². The first-order chi connectivity index (χ1) is 15.2. The molecule has 1 aromatic heterocycles. The van der Waals surface area contributed by atoms with Gasteiger partial charge in [-0.15, -0.1) is 0 Å². The van der Waals surface area contributed by atoms with Gasteiger partial charge in [0.25, 0.3) is 5.91 Å². The minimum absolute atomic E-state index is 0.0604. The number of nitrogens with zero attached hydrogens (tertiary/aromatic N) is 5. The van der Waals surface area contributed by atoms with Crippen molar-refractivity contribution in [2.24, 2.45) is 11.7 Å². The summed E-state index contributed by atoms with van der Waals surface area (Å²) in [4.78, 5) is 24.8. The van der Waals surface area contributed by atoms with Gasteiger partial charge in [0, 0.05) is 38.1 Å². The lowest BCUT2D eigenvalue weighted by atomic mass is 9.93. The van der Waals surface area contributed by atoms with E-state index in [2.05, 4.69) is 16.0 Å². The molecule has 0 radical (unpaired) electrons. The van der Waals surface area contributed by atoms with Gasteiger partial charge in [0.15, 0.2) is 6.10 Å². The maximum absolute atomic E-state index is 13.3. The number of piperidine rings is 1. The summed E-state index contributed by atoms with van der Waals surface area (Å²) in [5.74, 6) is -2.15. The normalized spacial score (nSPS) is 26.8. The van der Waals surface area contributed by atoms with Crippen LogP contribution in [0.15, 0.2) is 24.5 Å². The predicted molar refractivity (Wildman–Crippen MR) is 110 cm³/mol. The van der Waals surface area contributed by atoms with Gasteiger partial charge in [-0.2, -0.15) is 18.4 Å². The Balaban J connectivity index is 1.59. The Hall–Kier alpha value is -2.97. The second kappa shape index (κ2) is 8.52. The first-order valence-electron chi connectivity index (χ1n) is 10.3. The lowest BCUT2D eigenvalue weighted by molar-refractivity contribution is -0.192. The van der Waals surface area contributed by atoms with E-state index in [0.29, 0.717) is 28.8 Å². The molecule has 2 aliphatic heterocycles. The molecule has 0 spiro atoms. The zero-order valence-corrected chi connectivity index (χ0v) is 17.4. The van der Waals surface area contributed by atoms with Crippen molar-refractivity contribution in [2.75, 3.05) is 31.1 Å². The summed E-state index contributed by atoms with van der Waals surface area (Å²) in [6.45, 7) is 2.03. The van der Waals surface area contributed by atoms with Crippen LogP contribution in [0.4, 0.5) is 18.9 Å². The van der Waals surface area contributed by atoms with Crippen LogP contribution in [0, 0.1) is 17.2 Å². The molecule has 1 amide bonds. The molecule has 2 saturated heterocycles. The molecule has 11 heteroatoms. The number of nitriles is 1. The SMILES string of the molecule is CC1CN(c2ccc(C#N)c3nccnc23)CC(C(=O)N2CC(N)CC(C(F)(F)F)C2)O1. The van der Waals surface area contributed by atoms with Gasteiger partial charge in [0.2, 0.25) is 0 Å². The number of morpholine rings is 1. The summed E-state index contributed by atoms with van der Waals surface area (Å²) in [6.07, 6.45) is -2.89. The van der Waals surface area contributed by atoms with Gasteiger partial charge < -0.3 is 20.3 Å². The lowest BCUT2D eigenvalue weighted by Crippen LogP contribution is -2.59. The molecule has 3 heterocycles. The minimum atomic E-state index is -4.41. The van der Waals surface area contributed by atoms with Crippen LogP contribution in [0.3, 0.4) is 0 Å². The number of alkyl halides is 3. The average molecular weight is 448 g/mol. The Kier molecular flexibility index (Phi) is 5.92. The number of amides is 1. The first kappa shape index (κ1) is 22.2. The fourth-order valence-electron chi connectivity index (χ4n) is 4.43. The van der Waals surface area contributed by atoms with Crippen molar-refractivity contribution in [3.8, 4) is 6.07 Å². The molecule has 2 aliphatic rings. The number of hydrogen-bond donors (Lipinski definition) is 1. The maximum Gasteiger partial charge on any atom is 0.393 e. The number of carbonyl (C=O) groups is 1. The monoisotopic (exact) mass is 448 g/mol. The van der Waals surface area contributed by atoms with Gasteiger partial charge >= 0.3 is 6.18 Å². The number of anilines is 1. The number of carbonyl (C=O) groups excluding carboxylic acids is 1. The van der Waals surface area contributed by atoms with Gasteiger partial charge in [-0.05, 0) is 25.5 Å². The van der Waals surface area contributed by atoms with Crippen LogP contribution >= 0.6 is 0 Å². The van der Waals surface area contributed by atoms with Crippen LogP contribution in [0.5, 0.6) is 0 Å². The highest BCUT2D eigenvalue weighted by atomic mass is 19.4. The van der Waals surface area contributed by atoms with Crippen LogP contribution in [-0.2, 0) is 9.53 Å². The molecule has 0 aliphatic carbocycles. The molecule has 2 fully saturated rings. The van der Waals surface area contributed by atoms with Gasteiger partial charge in [0.05, 0.1) is 29.8 Å². The molecular formula is C21H23F3N6O2. The van der Waals surface area contributed by atoms with Gasteiger partial charge in [-0.25, -0.2) is 0 Å². The number of hydrogen-bond acceptors (Lipinski definition) is 7. The van der Waals surface area contributed by atoms with Gasteiger partial charge in [0.1, 0.15) is 17.1 Å². The Labute approximate surface area is 182 Å². The zero-order chi connectivity index (χ0) is 23.0. The summed E-state index contributed by atoms with van der Waals surface area (Å²) < 4.78 is 45.7. The standard InChI is InChI=1S/C21H23F3N6O2/c1-12-8-29(16-3-2-13(7-25)18-19(16)28-5-4-27-18)11-17(32-12)20(31)30-9-14(21(22,23)24)6-15(26)10-30/h2-5,12,14-15,17H,6,8-11,26H2,1H3. The van der Waals surface area contributed by atoms with Crippen LogP contribution in [-0.4, -0.2) is 71.4 Å². The highest BCUT2D eigenvalue weighted by Crippen LogP contribution is 2.34. The Morgan fingerprint density at radius 3 is 2.59 bits per heavy atom. The zero-order valence-electron chi connectivity index (χ0n) is 17.4. The highest BCUT2D eigenvalue weighted by molar-refractivity contribution is 5.92. The molecular weight excluding hydrogens is 425 g/mol.